The maximum atomic E-state index is 12.6. The Kier molecular flexibility index (Phi) is 48.6. The number of aryl methyl sites for hydroxylation is 2. The first kappa shape index (κ1) is 94.4. The number of azide groups is 1. The van der Waals surface area contributed by atoms with E-state index in [4.69, 9.17) is 78.3 Å². The van der Waals surface area contributed by atoms with Crippen molar-refractivity contribution in [2.24, 2.45) is 27.4 Å². The Morgan fingerprint density at radius 2 is 0.745 bits per heavy atom. The number of rotatable bonds is 44. The van der Waals surface area contributed by atoms with E-state index in [-0.39, 0.29) is 101 Å². The van der Waals surface area contributed by atoms with Crippen molar-refractivity contribution in [1.29, 1.82) is 0 Å². The van der Waals surface area contributed by atoms with Crippen LogP contribution in [0.15, 0.2) is 47.6 Å². The lowest BCUT2D eigenvalue weighted by atomic mass is 9.82. The topological polar surface area (TPSA) is 696 Å². The van der Waals surface area contributed by atoms with Gasteiger partial charge < -0.3 is 130 Å². The normalized spacial score (nSPS) is 11.3. The number of ketones is 2. The summed E-state index contributed by atoms with van der Waals surface area (Å²) in [5.74, 6) is -6.67. The molecule has 0 spiro atoms. The molecule has 0 unspecified atom stereocenters. The molecule has 0 atom stereocenters. The Bertz CT molecular complexity index is 2610. The van der Waals surface area contributed by atoms with Crippen LogP contribution in [0.4, 0.5) is 0 Å². The Hall–Kier alpha value is -7.83. The maximum Gasteiger partial charge on any atom is 0.303 e. The molecule has 0 aliphatic rings. The Morgan fingerprint density at radius 3 is 1.01 bits per heavy atom. The number of amides is 5. The van der Waals surface area contributed by atoms with Crippen LogP contribution in [0.2, 0.25) is 0 Å². The number of nitrogens with two attached hydrogens (primary N) is 2. The van der Waals surface area contributed by atoms with E-state index in [0.29, 0.717) is 11.1 Å². The highest BCUT2D eigenvalue weighted by Crippen LogP contribution is 2.29. The fourth-order valence-corrected chi connectivity index (χ4v) is 8.09. The van der Waals surface area contributed by atoms with Crippen molar-refractivity contribution < 1.29 is 140 Å². The molecule has 0 heterocycles. The predicted molar refractivity (Wildman–Crippen MR) is 343 cm³/mol. The zero-order valence-electron chi connectivity index (χ0n) is 54.9. The van der Waals surface area contributed by atoms with Gasteiger partial charge in [-0.25, -0.2) is 0 Å². The smallest absolute Gasteiger partial charge is 0.303 e. The van der Waals surface area contributed by atoms with Crippen molar-refractivity contribution in [2.75, 3.05) is 106 Å². The molecule has 38 heteroatoms. The van der Waals surface area contributed by atoms with Gasteiger partial charge in [0.15, 0.2) is 11.6 Å². The van der Waals surface area contributed by atoms with E-state index in [2.05, 4.69) is 36.6 Å². The van der Waals surface area contributed by atoms with Crippen LogP contribution in [-0.4, -0.2) is 279 Å². The van der Waals surface area contributed by atoms with Gasteiger partial charge in [0.25, 0.3) is 5.91 Å². The Balaban J connectivity index is -0.00000121. The second kappa shape index (κ2) is 50.5. The zero-order valence-corrected chi connectivity index (χ0v) is 54.9. The molecule has 27 N–H and O–H groups in total. The second-order valence-corrected chi connectivity index (χ2v) is 23.2. The summed E-state index contributed by atoms with van der Waals surface area (Å²) in [5.41, 5.74) is 14.2. The van der Waals surface area contributed by atoms with E-state index in [1.54, 1.807) is 43.3 Å². The number of carboxylic acid groups (broad SMARTS) is 3. The number of hydrogen-bond acceptors (Lipinski definition) is 28. The molecule has 2 aromatic carbocycles. The fourth-order valence-electron chi connectivity index (χ4n) is 8.09. The quantitative estimate of drug-likeness (QED) is 0.00966. The Labute approximate surface area is 564 Å². The first-order valence-electron chi connectivity index (χ1n) is 30.1. The average molecular weight is 1410 g/mol. The summed E-state index contributed by atoms with van der Waals surface area (Å²) in [6.45, 7) is -4.91. The van der Waals surface area contributed by atoms with Gasteiger partial charge in [-0.1, -0.05) is 22.8 Å². The molecule has 0 aliphatic heterocycles. The van der Waals surface area contributed by atoms with Crippen molar-refractivity contribution in [3.05, 3.63) is 80.7 Å². The van der Waals surface area contributed by atoms with Crippen molar-refractivity contribution in [2.45, 2.75) is 126 Å². The van der Waals surface area contributed by atoms with Gasteiger partial charge in [-0.15, -0.1) is 0 Å². The summed E-state index contributed by atoms with van der Waals surface area (Å²) in [7, 11) is 0. The number of hydrogen-bond donors (Lipinski definition) is 25. The van der Waals surface area contributed by atoms with E-state index >= 15 is 0 Å². The number of aliphatic hydroxyl groups is 15. The van der Waals surface area contributed by atoms with Gasteiger partial charge in [0.2, 0.25) is 23.6 Å². The van der Waals surface area contributed by atoms with Crippen LogP contribution in [0.25, 0.3) is 10.4 Å². The third kappa shape index (κ3) is 38.9. The van der Waals surface area contributed by atoms with Gasteiger partial charge in [-0.3, -0.25) is 47.9 Å². The van der Waals surface area contributed by atoms with Gasteiger partial charge in [0.1, 0.15) is 32.3 Å². The van der Waals surface area contributed by atoms with Crippen molar-refractivity contribution >= 4 is 59.0 Å². The van der Waals surface area contributed by atoms with Gasteiger partial charge in [0.05, 0.1) is 84.8 Å². The molecule has 0 saturated carbocycles. The van der Waals surface area contributed by atoms with Crippen molar-refractivity contribution in [3.63, 3.8) is 0 Å². The largest absolute Gasteiger partial charge is 0.481 e. The van der Waals surface area contributed by atoms with Gasteiger partial charge in [-0.05, 0) is 93.8 Å². The lowest BCUT2D eigenvalue weighted by Crippen LogP contribution is -2.57. The van der Waals surface area contributed by atoms with Crippen LogP contribution in [0.3, 0.4) is 0 Å². The standard InChI is InChI=1S/C19H28O8.C15H27N7O7.C12H17NO4.C10H17NO6.C4H11NO3/c1-13-2-14(16(26)5-18(7-20,8-21)9-22)4-15(3-13)17(27)6-19(10-23,11-24)12-25;16-22-20-7-14(29)21-15(4-1-11(26)17-8-23,5-2-12(27)18-9-24)6-3-13(28)19-10-25;1-9-2-4-10(5-3-9)11(17)13-12(6-14,7-15)8-16;11-10(4-1-7(12)13,5-2-8(14)15)6-3-9(16)17;5-4(1-6,2-7)3-8/h2-4,20-25H,5-12H2,1H3;23-25H,1-10H2,(H,17,26)(H,18,27)(H,19,28)(H,21,29);2-5,14-16H,6-8H2,1H3,(H,13,17);1-6,11H2,(H,12,13)(H,14,15)(H,16,17);6-8H,1-3,5H2. The average Bonchev–Trinajstić information content (AvgIpc) is 0.832. The second-order valence-electron chi connectivity index (χ2n) is 23.2. The van der Waals surface area contributed by atoms with Crippen LogP contribution < -0.4 is 38.1 Å². The van der Waals surface area contributed by atoms with E-state index in [1.807, 2.05) is 6.92 Å². The highest BCUT2D eigenvalue weighted by molar-refractivity contribution is 6.02. The minimum absolute atomic E-state index is 0.0135. The third-order valence-electron chi connectivity index (χ3n) is 14.9. The number of Topliss-reactive ketones (excluding diaryl/α,β-unsaturated/α-hetero) is 2. The molecule has 0 aliphatic carbocycles. The number of nitrogens with one attached hydrogen (secondary N) is 5. The molecule has 98 heavy (non-hydrogen) atoms. The molecule has 0 saturated heterocycles. The highest BCUT2D eigenvalue weighted by Gasteiger charge is 2.36. The van der Waals surface area contributed by atoms with Crippen LogP contribution in [-0.2, 0) is 33.6 Å². The number of carbonyl (C=O) groups is 10. The Morgan fingerprint density at radius 1 is 0.408 bits per heavy atom. The SMILES string of the molecule is Cc1cc(C(=O)CC(CO)(CO)CO)cc(C(=O)CC(CO)(CO)CO)c1.Cc1ccc(C(=O)NC(CO)(CO)CO)cc1.NC(CCC(=O)O)(CCC(=O)O)CCC(=O)O.NC(CO)(CO)CO.[N-]=[N+]=NCC(=O)NC(CCC(=O)NCO)(CCC(=O)NCO)CCC(=O)NCO. The molecule has 2 aromatic rings. The van der Waals surface area contributed by atoms with Crippen LogP contribution in [0, 0.1) is 24.7 Å². The van der Waals surface area contributed by atoms with Crippen molar-refractivity contribution in [1.82, 2.24) is 26.6 Å². The van der Waals surface area contributed by atoms with Crippen LogP contribution in [0.5, 0.6) is 0 Å². The number of carbonyl (C=O) groups excluding carboxylic acids is 7. The number of aliphatic hydroxyl groups excluding tert-OH is 15. The molecule has 5 amide bonds. The third-order valence-corrected chi connectivity index (χ3v) is 14.9. The monoisotopic (exact) mass is 1410 g/mol. The molecular weight excluding hydrogens is 1310 g/mol. The summed E-state index contributed by atoms with van der Waals surface area (Å²) >= 11 is 0. The minimum atomic E-state index is -1.39. The first-order chi connectivity index (χ1) is 46.1. The van der Waals surface area contributed by atoms with E-state index < -0.39 is 198 Å². The summed E-state index contributed by atoms with van der Waals surface area (Å²) in [6, 6.07) is 11.3. The van der Waals surface area contributed by atoms with E-state index in [1.165, 1.54) is 6.07 Å². The lowest BCUT2D eigenvalue weighted by molar-refractivity contribution is -0.137. The van der Waals surface area contributed by atoms with E-state index in [0.717, 1.165) is 5.56 Å². The highest BCUT2D eigenvalue weighted by atomic mass is 16.4. The number of carboxylic acids is 3. The lowest BCUT2D eigenvalue weighted by Gasteiger charge is -2.35. The molecule has 0 radical (unpaired) electrons. The van der Waals surface area contributed by atoms with Gasteiger partial charge in [-0.2, -0.15) is 0 Å². The van der Waals surface area contributed by atoms with Crippen LogP contribution in [0.1, 0.15) is 132 Å². The number of nitrogens with zero attached hydrogens (tertiary/aromatic N) is 3. The fraction of sp³-hybridized carbons (Fsp3) is 0.633. The molecule has 0 fully saturated rings. The molecule has 38 nitrogen and oxygen atoms in total. The number of benzene rings is 2. The minimum Gasteiger partial charge on any atom is -0.481 e. The molecule has 2 rings (SSSR count). The maximum absolute atomic E-state index is 12.6. The first-order valence-corrected chi connectivity index (χ1v) is 30.1. The van der Waals surface area contributed by atoms with E-state index in [9.17, 15) is 78.6 Å². The van der Waals surface area contributed by atoms with Gasteiger partial charge in [0, 0.05) is 94.9 Å². The zero-order chi connectivity index (χ0) is 75.8. The molecule has 558 valence electrons. The molecule has 0 bridgehead atoms. The molecular formula is C60H100N10O28. The van der Waals surface area contributed by atoms with Crippen LogP contribution >= 0.6 is 0 Å². The van der Waals surface area contributed by atoms with Gasteiger partial charge >= 0.3 is 17.9 Å². The summed E-state index contributed by atoms with van der Waals surface area (Å²) in [5, 5.41) is 175. The number of aliphatic carboxylic acids is 3. The summed E-state index contributed by atoms with van der Waals surface area (Å²) < 4.78 is 0. The summed E-state index contributed by atoms with van der Waals surface area (Å²) in [4.78, 5) is 118. The molecule has 0 aromatic heterocycles. The summed E-state index contributed by atoms with van der Waals surface area (Å²) in [6.07, 6.45) is -1.35. The predicted octanol–water partition coefficient (Wildman–Crippen LogP) is -5.86. The van der Waals surface area contributed by atoms with Crippen molar-refractivity contribution in [3.8, 4) is 0 Å².